The summed E-state index contributed by atoms with van der Waals surface area (Å²) in [7, 11) is 1.41. The van der Waals surface area contributed by atoms with Gasteiger partial charge in [-0.1, -0.05) is 30.3 Å². The Morgan fingerprint density at radius 1 is 1.15 bits per heavy atom. The summed E-state index contributed by atoms with van der Waals surface area (Å²) in [6.07, 6.45) is 0.306. The lowest BCUT2D eigenvalue weighted by molar-refractivity contribution is -0.139. The average molecular weight is 381 g/mol. The molecule has 20 heavy (non-hydrogen) atoms. The molecule has 2 aromatic carbocycles. The van der Waals surface area contributed by atoms with E-state index in [0.717, 1.165) is 16.8 Å². The van der Waals surface area contributed by atoms with Gasteiger partial charge in [0.1, 0.15) is 0 Å². The van der Waals surface area contributed by atoms with Crippen molar-refractivity contribution in [1.82, 2.24) is 0 Å². The fourth-order valence-electron chi connectivity index (χ4n) is 1.93. The van der Waals surface area contributed by atoms with Gasteiger partial charge in [-0.15, -0.1) is 0 Å². The van der Waals surface area contributed by atoms with Crippen LogP contribution >= 0.6 is 22.6 Å². The predicted molar refractivity (Wildman–Crippen MR) is 88.6 cm³/mol. The topological polar surface area (TPSA) is 38.3 Å². The van der Waals surface area contributed by atoms with Crippen LogP contribution in [-0.2, 0) is 22.5 Å². The molecule has 104 valence electrons. The van der Waals surface area contributed by atoms with Crippen molar-refractivity contribution in [3.05, 3.63) is 63.2 Å². The van der Waals surface area contributed by atoms with Gasteiger partial charge in [0.15, 0.2) is 0 Å². The van der Waals surface area contributed by atoms with E-state index in [0.29, 0.717) is 13.0 Å². The fourth-order valence-corrected chi connectivity index (χ4v) is 2.47. The highest BCUT2D eigenvalue weighted by molar-refractivity contribution is 14.1. The molecule has 0 aliphatic heterocycles. The van der Waals surface area contributed by atoms with Gasteiger partial charge in [0, 0.05) is 15.8 Å². The fraction of sp³-hybridized carbons (Fsp3) is 0.188. The largest absolute Gasteiger partial charge is 0.469 e. The van der Waals surface area contributed by atoms with Crippen molar-refractivity contribution in [1.29, 1.82) is 0 Å². The summed E-state index contributed by atoms with van der Waals surface area (Å²) in [6.45, 7) is 0.688. The highest BCUT2D eigenvalue weighted by Crippen LogP contribution is 2.16. The lowest BCUT2D eigenvalue weighted by atomic mass is 10.0. The lowest BCUT2D eigenvalue weighted by Crippen LogP contribution is -2.09. The minimum absolute atomic E-state index is 0.216. The Morgan fingerprint density at radius 3 is 2.60 bits per heavy atom. The highest BCUT2D eigenvalue weighted by Gasteiger charge is 2.07. The third-order valence-corrected chi connectivity index (χ3v) is 3.66. The summed E-state index contributed by atoms with van der Waals surface area (Å²) in [5.74, 6) is -0.216. The molecule has 2 rings (SSSR count). The Balaban J connectivity index is 2.07. The molecular formula is C16H16INO2. The maximum absolute atomic E-state index is 11.4. The number of carbonyl (C=O) groups excluding carboxylic acids is 1. The number of anilines is 1. The highest BCUT2D eigenvalue weighted by atomic mass is 127. The van der Waals surface area contributed by atoms with E-state index in [9.17, 15) is 4.79 Å². The zero-order valence-corrected chi connectivity index (χ0v) is 13.4. The van der Waals surface area contributed by atoms with Gasteiger partial charge in [-0.05, 0) is 51.9 Å². The molecule has 0 aliphatic rings. The lowest BCUT2D eigenvalue weighted by Gasteiger charge is -2.11. The number of ether oxygens (including phenoxy) is 1. The van der Waals surface area contributed by atoms with Crippen molar-refractivity contribution >= 4 is 34.2 Å². The molecular weight excluding hydrogens is 365 g/mol. The Morgan fingerprint density at radius 2 is 1.90 bits per heavy atom. The van der Waals surface area contributed by atoms with E-state index >= 15 is 0 Å². The van der Waals surface area contributed by atoms with Crippen molar-refractivity contribution in [2.24, 2.45) is 0 Å². The number of esters is 1. The maximum atomic E-state index is 11.4. The number of carbonyl (C=O) groups is 1. The van der Waals surface area contributed by atoms with Crippen molar-refractivity contribution < 1.29 is 9.53 Å². The van der Waals surface area contributed by atoms with Gasteiger partial charge in [0.2, 0.25) is 0 Å². The quantitative estimate of drug-likeness (QED) is 0.635. The Bertz CT molecular complexity index is 599. The molecule has 0 saturated heterocycles. The minimum atomic E-state index is -0.216. The predicted octanol–water partition coefficient (Wildman–Crippen LogP) is 3.62. The Hall–Kier alpha value is -1.56. The molecule has 2 aromatic rings. The van der Waals surface area contributed by atoms with Crippen molar-refractivity contribution in [3.63, 3.8) is 0 Å². The second-order valence-electron chi connectivity index (χ2n) is 4.39. The van der Waals surface area contributed by atoms with Crippen LogP contribution in [0.4, 0.5) is 5.69 Å². The van der Waals surface area contributed by atoms with Gasteiger partial charge in [-0.2, -0.15) is 0 Å². The minimum Gasteiger partial charge on any atom is -0.469 e. The summed E-state index contributed by atoms with van der Waals surface area (Å²) in [5.41, 5.74) is 3.18. The second kappa shape index (κ2) is 7.28. The van der Waals surface area contributed by atoms with E-state index in [1.54, 1.807) is 0 Å². The van der Waals surface area contributed by atoms with E-state index < -0.39 is 0 Å². The third-order valence-electron chi connectivity index (χ3n) is 2.99. The summed E-state index contributed by atoms with van der Waals surface area (Å²) in [4.78, 5) is 11.4. The molecule has 3 nitrogen and oxygen atoms in total. The normalized spacial score (nSPS) is 10.1. The van der Waals surface area contributed by atoms with Gasteiger partial charge in [0.05, 0.1) is 13.5 Å². The van der Waals surface area contributed by atoms with Crippen LogP contribution < -0.4 is 5.32 Å². The van der Waals surface area contributed by atoms with E-state index in [4.69, 9.17) is 4.74 Å². The monoisotopic (exact) mass is 381 g/mol. The van der Waals surface area contributed by atoms with Crippen LogP contribution in [0.25, 0.3) is 0 Å². The number of methoxy groups -OCH3 is 1. The molecule has 0 aliphatic carbocycles. The van der Waals surface area contributed by atoms with Gasteiger partial charge in [-0.25, -0.2) is 0 Å². The first-order valence-electron chi connectivity index (χ1n) is 6.32. The maximum Gasteiger partial charge on any atom is 0.309 e. The zero-order chi connectivity index (χ0) is 14.4. The molecule has 0 spiro atoms. The molecule has 4 heteroatoms. The number of benzene rings is 2. The number of rotatable bonds is 5. The molecule has 0 heterocycles. The van der Waals surface area contributed by atoms with Gasteiger partial charge in [0.25, 0.3) is 0 Å². The van der Waals surface area contributed by atoms with E-state index in [-0.39, 0.29) is 5.97 Å². The Kier molecular flexibility index (Phi) is 5.40. The first kappa shape index (κ1) is 14.8. The molecule has 0 bridgehead atoms. The van der Waals surface area contributed by atoms with Crippen LogP contribution in [0.2, 0.25) is 0 Å². The number of nitrogens with one attached hydrogen (secondary N) is 1. The summed E-state index contributed by atoms with van der Waals surface area (Å²) >= 11 is 2.29. The van der Waals surface area contributed by atoms with Crippen LogP contribution in [0.3, 0.4) is 0 Å². The Labute approximate surface area is 132 Å². The summed E-state index contributed by atoms with van der Waals surface area (Å²) in [5, 5.41) is 3.38. The molecule has 1 N–H and O–H groups in total. The number of halogens is 1. The first-order chi connectivity index (χ1) is 9.69. The second-order valence-corrected chi connectivity index (χ2v) is 5.63. The standard InChI is InChI=1S/C16H16INO2/c1-20-16(19)9-12-5-2-3-6-13(12)11-18-15-8-4-7-14(17)10-15/h2-8,10,18H,9,11H2,1H3. The van der Waals surface area contributed by atoms with Crippen molar-refractivity contribution in [2.75, 3.05) is 12.4 Å². The van der Waals surface area contributed by atoms with E-state index in [1.807, 2.05) is 36.4 Å². The number of hydrogen-bond acceptors (Lipinski definition) is 3. The van der Waals surface area contributed by atoms with Crippen molar-refractivity contribution in [2.45, 2.75) is 13.0 Å². The molecule has 0 atom stereocenters. The van der Waals surface area contributed by atoms with Gasteiger partial charge >= 0.3 is 5.97 Å². The smallest absolute Gasteiger partial charge is 0.309 e. The van der Waals surface area contributed by atoms with Crippen LogP contribution in [0.15, 0.2) is 48.5 Å². The average Bonchev–Trinajstić information content (AvgIpc) is 2.46. The van der Waals surface area contributed by atoms with Crippen molar-refractivity contribution in [3.8, 4) is 0 Å². The van der Waals surface area contributed by atoms with Crippen LogP contribution in [0.1, 0.15) is 11.1 Å². The van der Waals surface area contributed by atoms with Gasteiger partial charge < -0.3 is 10.1 Å². The molecule has 0 aromatic heterocycles. The van der Waals surface area contributed by atoms with Crippen LogP contribution in [0.5, 0.6) is 0 Å². The van der Waals surface area contributed by atoms with E-state index in [2.05, 4.69) is 40.0 Å². The number of hydrogen-bond donors (Lipinski definition) is 1. The third kappa shape index (κ3) is 4.23. The summed E-state index contributed by atoms with van der Waals surface area (Å²) < 4.78 is 5.92. The molecule has 0 unspecified atom stereocenters. The van der Waals surface area contributed by atoms with E-state index in [1.165, 1.54) is 10.7 Å². The molecule has 0 fully saturated rings. The molecule has 0 amide bonds. The zero-order valence-electron chi connectivity index (χ0n) is 11.2. The van der Waals surface area contributed by atoms with Crippen LogP contribution in [-0.4, -0.2) is 13.1 Å². The van der Waals surface area contributed by atoms with Gasteiger partial charge in [-0.3, -0.25) is 4.79 Å². The SMILES string of the molecule is COC(=O)Cc1ccccc1CNc1cccc(I)c1. The summed E-state index contributed by atoms with van der Waals surface area (Å²) in [6, 6.07) is 16.1. The van der Waals surface area contributed by atoms with Crippen LogP contribution in [0, 0.1) is 3.57 Å². The molecule has 0 radical (unpaired) electrons. The molecule has 0 saturated carbocycles. The first-order valence-corrected chi connectivity index (χ1v) is 7.40.